The fourth-order valence-electron chi connectivity index (χ4n) is 3.86. The molecule has 2 unspecified atom stereocenters. The Bertz CT molecular complexity index is 426. The molecule has 0 amide bonds. The van der Waals surface area contributed by atoms with Gasteiger partial charge in [0.25, 0.3) is 0 Å². The first-order valence-corrected chi connectivity index (χ1v) is 6.58. The van der Waals surface area contributed by atoms with Crippen LogP contribution in [0.4, 0.5) is 0 Å². The zero-order valence-electron chi connectivity index (χ0n) is 9.93. The van der Waals surface area contributed by atoms with Gasteiger partial charge in [-0.1, -0.05) is 37.5 Å². The minimum absolute atomic E-state index is 0.484. The highest BCUT2D eigenvalue weighted by Gasteiger charge is 2.38. The summed E-state index contributed by atoms with van der Waals surface area (Å²) < 4.78 is 0. The number of hydrogen-bond acceptors (Lipinski definition) is 1. The minimum atomic E-state index is -0.780. The smallest absolute Gasteiger partial charge is 0.335 e. The van der Waals surface area contributed by atoms with Gasteiger partial charge in [-0.05, 0) is 42.2 Å². The van der Waals surface area contributed by atoms with E-state index in [1.165, 1.54) is 32.1 Å². The van der Waals surface area contributed by atoms with Crippen LogP contribution in [0.3, 0.4) is 0 Å². The fourth-order valence-corrected chi connectivity index (χ4v) is 3.86. The van der Waals surface area contributed by atoms with Gasteiger partial charge in [-0.2, -0.15) is 0 Å². The van der Waals surface area contributed by atoms with Gasteiger partial charge in [-0.15, -0.1) is 0 Å². The lowest BCUT2D eigenvalue weighted by molar-refractivity contribution is 0.0695. The standard InChI is InChI=1S/C15H18O2/c16-15(17)14-7-2-1-6-13(14)12-8-10-4-3-5-11(10)9-12/h1-2,6-7,10-12H,3-5,8-9H2,(H,16,17). The zero-order chi connectivity index (χ0) is 11.8. The molecule has 0 aliphatic heterocycles. The highest BCUT2D eigenvalue weighted by Crippen LogP contribution is 2.50. The number of benzene rings is 1. The summed E-state index contributed by atoms with van der Waals surface area (Å²) in [5.41, 5.74) is 1.58. The van der Waals surface area contributed by atoms with Crippen LogP contribution in [0.25, 0.3) is 0 Å². The van der Waals surface area contributed by atoms with Gasteiger partial charge >= 0.3 is 5.97 Å². The Kier molecular flexibility index (Phi) is 2.65. The molecule has 17 heavy (non-hydrogen) atoms. The van der Waals surface area contributed by atoms with Crippen molar-refractivity contribution in [1.82, 2.24) is 0 Å². The first kappa shape index (κ1) is 10.8. The normalized spacial score (nSPS) is 31.4. The van der Waals surface area contributed by atoms with Crippen LogP contribution in [0.2, 0.25) is 0 Å². The van der Waals surface area contributed by atoms with Crippen molar-refractivity contribution in [2.75, 3.05) is 0 Å². The van der Waals surface area contributed by atoms with E-state index in [1.807, 2.05) is 18.2 Å². The summed E-state index contributed by atoms with van der Waals surface area (Å²) in [6, 6.07) is 7.54. The lowest BCUT2D eigenvalue weighted by Gasteiger charge is -2.14. The van der Waals surface area contributed by atoms with Crippen LogP contribution >= 0.6 is 0 Å². The molecule has 2 aliphatic rings. The molecule has 1 aromatic carbocycles. The molecule has 2 heteroatoms. The average molecular weight is 230 g/mol. The number of fused-ring (bicyclic) bond motifs is 1. The number of aromatic carboxylic acids is 1. The molecule has 3 rings (SSSR count). The van der Waals surface area contributed by atoms with Crippen LogP contribution in [0, 0.1) is 11.8 Å². The molecule has 2 fully saturated rings. The largest absolute Gasteiger partial charge is 0.478 e. The summed E-state index contributed by atoms with van der Waals surface area (Å²) in [6.45, 7) is 0. The summed E-state index contributed by atoms with van der Waals surface area (Å²) in [5.74, 6) is 1.43. The monoisotopic (exact) mass is 230 g/mol. The predicted molar refractivity (Wildman–Crippen MR) is 66.2 cm³/mol. The number of carbonyl (C=O) groups is 1. The molecule has 2 atom stereocenters. The van der Waals surface area contributed by atoms with Crippen LogP contribution < -0.4 is 0 Å². The first-order chi connectivity index (χ1) is 8.25. The van der Waals surface area contributed by atoms with Gasteiger partial charge in [0.1, 0.15) is 0 Å². The molecule has 0 bridgehead atoms. The van der Waals surface area contributed by atoms with E-state index in [2.05, 4.69) is 0 Å². The van der Waals surface area contributed by atoms with Crippen LogP contribution in [0.15, 0.2) is 24.3 Å². The highest BCUT2D eigenvalue weighted by molar-refractivity contribution is 5.89. The van der Waals surface area contributed by atoms with E-state index >= 15 is 0 Å². The summed E-state index contributed by atoms with van der Waals surface area (Å²) in [7, 11) is 0. The molecule has 1 aromatic rings. The van der Waals surface area contributed by atoms with E-state index < -0.39 is 5.97 Å². The van der Waals surface area contributed by atoms with Crippen LogP contribution in [-0.4, -0.2) is 11.1 Å². The summed E-state index contributed by atoms with van der Waals surface area (Å²) in [4.78, 5) is 11.2. The average Bonchev–Trinajstić information content (AvgIpc) is 2.88. The third-order valence-electron chi connectivity index (χ3n) is 4.62. The van der Waals surface area contributed by atoms with Crippen LogP contribution in [0.1, 0.15) is 53.9 Å². The maximum absolute atomic E-state index is 11.2. The van der Waals surface area contributed by atoms with Crippen molar-refractivity contribution < 1.29 is 9.90 Å². The maximum Gasteiger partial charge on any atom is 0.335 e. The lowest BCUT2D eigenvalue weighted by atomic mass is 9.91. The van der Waals surface area contributed by atoms with Crippen molar-refractivity contribution in [1.29, 1.82) is 0 Å². The molecule has 2 aliphatic carbocycles. The SMILES string of the molecule is O=C(O)c1ccccc1C1CC2CCCC2C1. The summed E-state index contributed by atoms with van der Waals surface area (Å²) in [5, 5.41) is 9.23. The Balaban J connectivity index is 1.88. The third kappa shape index (κ3) is 1.86. The van der Waals surface area contributed by atoms with Gasteiger partial charge < -0.3 is 5.11 Å². The lowest BCUT2D eigenvalue weighted by Crippen LogP contribution is -2.05. The Hall–Kier alpha value is -1.31. The van der Waals surface area contributed by atoms with Gasteiger partial charge in [-0.25, -0.2) is 4.79 Å². The van der Waals surface area contributed by atoms with Gasteiger partial charge in [0.15, 0.2) is 0 Å². The minimum Gasteiger partial charge on any atom is -0.478 e. The summed E-state index contributed by atoms with van der Waals surface area (Å²) >= 11 is 0. The molecule has 0 aromatic heterocycles. The maximum atomic E-state index is 11.2. The topological polar surface area (TPSA) is 37.3 Å². The first-order valence-electron chi connectivity index (χ1n) is 6.58. The van der Waals surface area contributed by atoms with Crippen molar-refractivity contribution in [2.45, 2.75) is 38.0 Å². The van der Waals surface area contributed by atoms with E-state index in [0.717, 1.165) is 17.4 Å². The number of hydrogen-bond donors (Lipinski definition) is 1. The third-order valence-corrected chi connectivity index (χ3v) is 4.62. The number of rotatable bonds is 2. The molecule has 0 radical (unpaired) electrons. The van der Waals surface area contributed by atoms with Crippen molar-refractivity contribution in [3.05, 3.63) is 35.4 Å². The predicted octanol–water partition coefficient (Wildman–Crippen LogP) is 3.68. The highest BCUT2D eigenvalue weighted by atomic mass is 16.4. The van der Waals surface area contributed by atoms with E-state index in [1.54, 1.807) is 6.07 Å². The number of carboxylic acid groups (broad SMARTS) is 1. The van der Waals surface area contributed by atoms with Crippen molar-refractivity contribution in [3.63, 3.8) is 0 Å². The molecule has 1 N–H and O–H groups in total. The molecule has 0 saturated heterocycles. The van der Waals surface area contributed by atoms with Crippen molar-refractivity contribution >= 4 is 5.97 Å². The quantitative estimate of drug-likeness (QED) is 0.841. The van der Waals surface area contributed by atoms with E-state index in [-0.39, 0.29) is 0 Å². The molecular weight excluding hydrogens is 212 g/mol. The van der Waals surface area contributed by atoms with Gasteiger partial charge in [-0.3, -0.25) is 0 Å². The van der Waals surface area contributed by atoms with Crippen molar-refractivity contribution in [2.24, 2.45) is 11.8 Å². The second-order valence-corrected chi connectivity index (χ2v) is 5.51. The Morgan fingerprint density at radius 1 is 1.12 bits per heavy atom. The van der Waals surface area contributed by atoms with E-state index in [9.17, 15) is 9.90 Å². The molecule has 0 heterocycles. The molecule has 2 nitrogen and oxygen atoms in total. The van der Waals surface area contributed by atoms with Crippen LogP contribution in [0.5, 0.6) is 0 Å². The summed E-state index contributed by atoms with van der Waals surface area (Å²) in [6.07, 6.45) is 6.50. The van der Waals surface area contributed by atoms with Gasteiger partial charge in [0, 0.05) is 0 Å². The van der Waals surface area contributed by atoms with E-state index in [0.29, 0.717) is 11.5 Å². The van der Waals surface area contributed by atoms with Gasteiger partial charge in [0.05, 0.1) is 5.56 Å². The molecular formula is C15H18O2. The molecule has 0 spiro atoms. The fraction of sp³-hybridized carbons (Fsp3) is 0.533. The number of carboxylic acids is 1. The Morgan fingerprint density at radius 2 is 1.76 bits per heavy atom. The Labute approximate surface area is 102 Å². The zero-order valence-corrected chi connectivity index (χ0v) is 9.93. The van der Waals surface area contributed by atoms with Crippen molar-refractivity contribution in [3.8, 4) is 0 Å². The molecule has 90 valence electrons. The second kappa shape index (κ2) is 4.17. The second-order valence-electron chi connectivity index (χ2n) is 5.51. The van der Waals surface area contributed by atoms with Gasteiger partial charge in [0.2, 0.25) is 0 Å². The van der Waals surface area contributed by atoms with E-state index in [4.69, 9.17) is 0 Å². The van der Waals surface area contributed by atoms with Crippen LogP contribution in [-0.2, 0) is 0 Å². The Morgan fingerprint density at radius 3 is 2.41 bits per heavy atom. The molecule has 2 saturated carbocycles.